The van der Waals surface area contributed by atoms with Crippen molar-refractivity contribution in [3.8, 4) is 10.4 Å². The van der Waals surface area contributed by atoms with Crippen LogP contribution in [0.25, 0.3) is 10.4 Å². The van der Waals surface area contributed by atoms with E-state index >= 15 is 0 Å². The van der Waals surface area contributed by atoms with Gasteiger partial charge in [-0.3, -0.25) is 14.4 Å². The molecular formula is C23H30N4O4S. The van der Waals surface area contributed by atoms with Crippen molar-refractivity contribution in [3.63, 3.8) is 0 Å². The Hall–Kier alpha value is -2.78. The SMILES string of the molecule is Cc1ncsc1-c1ccc(CNC(=O)[C@@H]2C[C@@H](O)CN2C(=O)[C@H](C)NC(=O)C(C)C)cc1. The van der Waals surface area contributed by atoms with Crippen LogP contribution in [0.5, 0.6) is 0 Å². The van der Waals surface area contributed by atoms with E-state index in [1.165, 1.54) is 4.90 Å². The topological polar surface area (TPSA) is 112 Å². The standard InChI is InChI=1S/C23H30N4O4S/c1-13(2)21(29)26-15(4)23(31)27-11-18(28)9-19(27)22(30)24-10-16-5-7-17(8-6-16)20-14(3)25-12-32-20/h5-8,12-13,15,18-19,28H,9-11H2,1-4H3,(H,24,30)(H,26,29)/t15-,18+,19-/m0/s1. The minimum absolute atomic E-state index is 0.0711. The molecule has 0 saturated carbocycles. The number of carbonyl (C=O) groups excluding carboxylic acids is 3. The minimum atomic E-state index is -0.773. The number of aryl methyl sites for hydroxylation is 1. The van der Waals surface area contributed by atoms with Gasteiger partial charge in [0.15, 0.2) is 0 Å². The Bertz CT molecular complexity index is 973. The van der Waals surface area contributed by atoms with Crippen molar-refractivity contribution in [1.82, 2.24) is 20.5 Å². The maximum absolute atomic E-state index is 12.8. The van der Waals surface area contributed by atoms with Crippen molar-refractivity contribution in [1.29, 1.82) is 0 Å². The third kappa shape index (κ3) is 5.52. The summed E-state index contributed by atoms with van der Waals surface area (Å²) in [6, 6.07) is 6.35. The Morgan fingerprint density at radius 2 is 1.91 bits per heavy atom. The van der Waals surface area contributed by atoms with Crippen LogP contribution in [0.3, 0.4) is 0 Å². The van der Waals surface area contributed by atoms with Gasteiger partial charge in [-0.15, -0.1) is 11.3 Å². The lowest BCUT2D eigenvalue weighted by molar-refractivity contribution is -0.141. The number of β-amino-alcohol motifs (C(OH)–C–C–N with tert-alkyl or cyclic N) is 1. The average Bonchev–Trinajstić information content (AvgIpc) is 3.37. The Kier molecular flexibility index (Phi) is 7.63. The van der Waals surface area contributed by atoms with Crippen LogP contribution in [0.1, 0.15) is 38.4 Å². The van der Waals surface area contributed by atoms with E-state index in [4.69, 9.17) is 0 Å². The lowest BCUT2D eigenvalue weighted by Crippen LogP contribution is -2.53. The zero-order valence-electron chi connectivity index (χ0n) is 18.8. The molecule has 32 heavy (non-hydrogen) atoms. The van der Waals surface area contributed by atoms with E-state index in [0.29, 0.717) is 6.54 Å². The highest BCUT2D eigenvalue weighted by atomic mass is 32.1. The Balaban J connectivity index is 1.60. The van der Waals surface area contributed by atoms with Gasteiger partial charge < -0.3 is 20.6 Å². The van der Waals surface area contributed by atoms with Gasteiger partial charge in [0.25, 0.3) is 0 Å². The molecule has 3 rings (SSSR count). The van der Waals surface area contributed by atoms with Gasteiger partial charge >= 0.3 is 0 Å². The maximum Gasteiger partial charge on any atom is 0.245 e. The number of nitrogens with one attached hydrogen (secondary N) is 2. The smallest absolute Gasteiger partial charge is 0.245 e. The second-order valence-corrected chi connectivity index (χ2v) is 9.32. The van der Waals surface area contributed by atoms with Gasteiger partial charge in [-0.05, 0) is 25.0 Å². The number of aromatic nitrogens is 1. The van der Waals surface area contributed by atoms with Gasteiger partial charge in [-0.1, -0.05) is 38.1 Å². The molecule has 1 saturated heterocycles. The van der Waals surface area contributed by atoms with Crippen LogP contribution in [0, 0.1) is 12.8 Å². The molecule has 2 aromatic rings. The van der Waals surface area contributed by atoms with Gasteiger partial charge in [0.1, 0.15) is 12.1 Å². The van der Waals surface area contributed by atoms with Gasteiger partial charge in [0.2, 0.25) is 17.7 Å². The van der Waals surface area contributed by atoms with Gasteiger partial charge in [0.05, 0.1) is 22.2 Å². The van der Waals surface area contributed by atoms with E-state index in [0.717, 1.165) is 21.7 Å². The monoisotopic (exact) mass is 458 g/mol. The van der Waals surface area contributed by atoms with Gasteiger partial charge in [0, 0.05) is 25.4 Å². The number of aliphatic hydroxyl groups excluding tert-OH is 1. The first kappa shape index (κ1) is 23.9. The second-order valence-electron chi connectivity index (χ2n) is 8.46. The first-order valence-electron chi connectivity index (χ1n) is 10.7. The molecule has 1 aliphatic rings. The highest BCUT2D eigenvalue weighted by Gasteiger charge is 2.40. The highest BCUT2D eigenvalue weighted by molar-refractivity contribution is 7.13. The fourth-order valence-electron chi connectivity index (χ4n) is 3.66. The molecule has 1 aliphatic heterocycles. The van der Waals surface area contributed by atoms with Crippen molar-refractivity contribution in [2.75, 3.05) is 6.54 Å². The summed E-state index contributed by atoms with van der Waals surface area (Å²) in [7, 11) is 0. The predicted octanol–water partition coefficient (Wildman–Crippen LogP) is 1.86. The summed E-state index contributed by atoms with van der Waals surface area (Å²) >= 11 is 1.59. The quantitative estimate of drug-likeness (QED) is 0.586. The van der Waals surface area contributed by atoms with E-state index in [9.17, 15) is 19.5 Å². The number of hydrogen-bond donors (Lipinski definition) is 3. The summed E-state index contributed by atoms with van der Waals surface area (Å²) in [6.07, 6.45) is -0.601. The second kappa shape index (κ2) is 10.2. The Morgan fingerprint density at radius 3 is 2.50 bits per heavy atom. The zero-order valence-corrected chi connectivity index (χ0v) is 19.6. The number of benzene rings is 1. The Labute approximate surface area is 192 Å². The van der Waals surface area contributed by atoms with Gasteiger partial charge in [-0.25, -0.2) is 4.98 Å². The van der Waals surface area contributed by atoms with Crippen LogP contribution in [0.4, 0.5) is 0 Å². The summed E-state index contributed by atoms with van der Waals surface area (Å²) in [4.78, 5) is 44.3. The first-order chi connectivity index (χ1) is 15.2. The molecule has 3 amide bonds. The third-order valence-corrected chi connectivity index (χ3v) is 6.52. The van der Waals surface area contributed by atoms with Crippen LogP contribution in [-0.2, 0) is 20.9 Å². The molecule has 0 unspecified atom stereocenters. The van der Waals surface area contributed by atoms with Crippen molar-refractivity contribution in [3.05, 3.63) is 41.0 Å². The summed E-state index contributed by atoms with van der Waals surface area (Å²) < 4.78 is 0. The number of thiazole rings is 1. The minimum Gasteiger partial charge on any atom is -0.391 e. The number of hydrogen-bond acceptors (Lipinski definition) is 6. The summed E-state index contributed by atoms with van der Waals surface area (Å²) in [5.41, 5.74) is 4.81. The predicted molar refractivity (Wildman–Crippen MR) is 123 cm³/mol. The molecule has 3 atom stereocenters. The van der Waals surface area contributed by atoms with E-state index in [1.54, 1.807) is 32.1 Å². The molecule has 2 heterocycles. The molecule has 172 valence electrons. The van der Waals surface area contributed by atoms with E-state index in [-0.39, 0.29) is 36.6 Å². The molecule has 3 N–H and O–H groups in total. The molecular weight excluding hydrogens is 428 g/mol. The third-order valence-electron chi connectivity index (χ3n) is 5.55. The molecule has 9 heteroatoms. The largest absolute Gasteiger partial charge is 0.391 e. The number of rotatable bonds is 7. The number of carbonyl (C=O) groups is 3. The summed E-state index contributed by atoms with van der Waals surface area (Å²) in [5, 5.41) is 15.6. The fourth-order valence-corrected chi connectivity index (χ4v) is 4.47. The fraction of sp³-hybridized carbons (Fsp3) is 0.478. The Morgan fingerprint density at radius 1 is 1.22 bits per heavy atom. The van der Waals surface area contributed by atoms with E-state index < -0.39 is 18.2 Å². The zero-order chi connectivity index (χ0) is 23.4. The number of aliphatic hydroxyl groups is 1. The first-order valence-corrected chi connectivity index (χ1v) is 11.6. The van der Waals surface area contributed by atoms with Crippen LogP contribution >= 0.6 is 11.3 Å². The van der Waals surface area contributed by atoms with Crippen LogP contribution in [0.15, 0.2) is 29.8 Å². The number of likely N-dealkylation sites (tertiary alicyclic amines) is 1. The number of nitrogens with zero attached hydrogens (tertiary/aromatic N) is 2. The molecule has 1 aromatic carbocycles. The molecule has 1 aromatic heterocycles. The van der Waals surface area contributed by atoms with Crippen molar-refractivity contribution >= 4 is 29.1 Å². The van der Waals surface area contributed by atoms with Crippen LogP contribution in [-0.4, -0.2) is 57.4 Å². The highest BCUT2D eigenvalue weighted by Crippen LogP contribution is 2.27. The lowest BCUT2D eigenvalue weighted by Gasteiger charge is -2.27. The van der Waals surface area contributed by atoms with Crippen molar-refractivity contribution < 1.29 is 19.5 Å². The molecule has 0 spiro atoms. The summed E-state index contributed by atoms with van der Waals surface area (Å²) in [5.74, 6) is -1.18. The van der Waals surface area contributed by atoms with Crippen molar-refractivity contribution in [2.24, 2.45) is 5.92 Å². The summed E-state index contributed by atoms with van der Waals surface area (Å²) in [6.45, 7) is 7.43. The van der Waals surface area contributed by atoms with Crippen LogP contribution < -0.4 is 10.6 Å². The lowest BCUT2D eigenvalue weighted by atomic mass is 10.1. The molecule has 1 fully saturated rings. The van der Waals surface area contributed by atoms with Crippen molar-refractivity contribution in [2.45, 2.75) is 58.8 Å². The van der Waals surface area contributed by atoms with Crippen LogP contribution in [0.2, 0.25) is 0 Å². The van der Waals surface area contributed by atoms with E-state index in [1.807, 2.05) is 36.7 Å². The average molecular weight is 459 g/mol. The van der Waals surface area contributed by atoms with E-state index in [2.05, 4.69) is 15.6 Å². The molecule has 8 nitrogen and oxygen atoms in total. The molecule has 0 aliphatic carbocycles. The maximum atomic E-state index is 12.8. The molecule has 0 bridgehead atoms. The normalized spacial score (nSPS) is 19.1. The van der Waals surface area contributed by atoms with Gasteiger partial charge in [-0.2, -0.15) is 0 Å². The number of amides is 3. The molecule has 0 radical (unpaired) electrons.